The predicted molar refractivity (Wildman–Crippen MR) is 120 cm³/mol. The number of amides is 1. The van der Waals surface area contributed by atoms with Gasteiger partial charge in [-0.15, -0.1) is 0 Å². The summed E-state index contributed by atoms with van der Waals surface area (Å²) in [5.41, 5.74) is 0.663. The van der Waals surface area contributed by atoms with Gasteiger partial charge in [0.25, 0.3) is 11.7 Å². The number of ether oxygens (including phenoxy) is 1. The van der Waals surface area contributed by atoms with Gasteiger partial charge in [0, 0.05) is 11.3 Å². The summed E-state index contributed by atoms with van der Waals surface area (Å²) < 4.78 is 33.1. The van der Waals surface area contributed by atoms with Gasteiger partial charge in [-0.1, -0.05) is 18.2 Å². The van der Waals surface area contributed by atoms with Gasteiger partial charge in [-0.25, -0.2) is 8.78 Å². The monoisotopic (exact) mass is 449 g/mol. The van der Waals surface area contributed by atoms with Crippen LogP contribution in [0.25, 0.3) is 5.76 Å². The fourth-order valence-corrected chi connectivity index (χ4v) is 3.80. The first-order valence-corrected chi connectivity index (χ1v) is 10.4. The lowest BCUT2D eigenvalue weighted by molar-refractivity contribution is -0.132. The summed E-state index contributed by atoms with van der Waals surface area (Å²) in [5, 5.41) is 11.1. The molecule has 33 heavy (non-hydrogen) atoms. The molecule has 1 saturated heterocycles. The Hall–Kier alpha value is -4.00. The molecule has 1 atom stereocenters. The number of benzene rings is 3. The van der Waals surface area contributed by atoms with Crippen LogP contribution >= 0.6 is 0 Å². The van der Waals surface area contributed by atoms with Crippen LogP contribution in [0.3, 0.4) is 0 Å². The van der Waals surface area contributed by atoms with Crippen LogP contribution in [0.15, 0.2) is 78.4 Å². The SMILES string of the molecule is CC(C)Oc1ccc(/C(O)=C2\C(=O)C(=O)N(c3cccc(F)c3)C2c2ccc(F)cc2)cc1. The first-order valence-electron chi connectivity index (χ1n) is 10.4. The van der Waals surface area contributed by atoms with Gasteiger partial charge in [-0.2, -0.15) is 0 Å². The summed E-state index contributed by atoms with van der Waals surface area (Å²) in [4.78, 5) is 27.2. The molecule has 4 rings (SSSR count). The molecule has 0 radical (unpaired) electrons. The largest absolute Gasteiger partial charge is 0.507 e. The number of hydrogen-bond donors (Lipinski definition) is 1. The maximum Gasteiger partial charge on any atom is 0.300 e. The second-order valence-electron chi connectivity index (χ2n) is 7.89. The Morgan fingerprint density at radius 1 is 0.939 bits per heavy atom. The minimum absolute atomic E-state index is 0.0421. The van der Waals surface area contributed by atoms with Crippen LogP contribution in [0.2, 0.25) is 0 Å². The number of Topliss-reactive ketones (excluding diaryl/α,β-unsaturated/α-hetero) is 1. The summed E-state index contributed by atoms with van der Waals surface area (Å²) >= 11 is 0. The molecule has 0 aliphatic carbocycles. The number of carbonyl (C=O) groups excluding carboxylic acids is 2. The van der Waals surface area contributed by atoms with Gasteiger partial charge < -0.3 is 9.84 Å². The summed E-state index contributed by atoms with van der Waals surface area (Å²) in [6.07, 6.45) is -0.0421. The number of ketones is 1. The van der Waals surface area contributed by atoms with Crippen LogP contribution in [0, 0.1) is 11.6 Å². The molecular weight excluding hydrogens is 428 g/mol. The zero-order valence-electron chi connectivity index (χ0n) is 18.0. The first-order chi connectivity index (χ1) is 15.8. The van der Waals surface area contributed by atoms with Crippen LogP contribution < -0.4 is 9.64 Å². The number of carbonyl (C=O) groups is 2. The highest BCUT2D eigenvalue weighted by Crippen LogP contribution is 2.42. The quantitative estimate of drug-likeness (QED) is 0.323. The van der Waals surface area contributed by atoms with E-state index in [2.05, 4.69) is 0 Å². The van der Waals surface area contributed by atoms with E-state index in [0.717, 1.165) is 11.0 Å². The van der Waals surface area contributed by atoms with Gasteiger partial charge in [0.05, 0.1) is 17.7 Å². The second kappa shape index (κ2) is 8.86. The van der Waals surface area contributed by atoms with Gasteiger partial charge in [0.1, 0.15) is 23.1 Å². The summed E-state index contributed by atoms with van der Waals surface area (Å²) in [7, 11) is 0. The normalized spacial score (nSPS) is 17.6. The van der Waals surface area contributed by atoms with Crippen LogP contribution in [-0.2, 0) is 9.59 Å². The molecule has 168 valence electrons. The topological polar surface area (TPSA) is 66.8 Å². The molecule has 1 amide bonds. The Balaban J connectivity index is 1.86. The Morgan fingerprint density at radius 2 is 1.61 bits per heavy atom. The van der Waals surface area contributed by atoms with Gasteiger partial charge in [0.2, 0.25) is 0 Å². The van der Waals surface area contributed by atoms with Crippen LogP contribution in [0.4, 0.5) is 14.5 Å². The highest BCUT2D eigenvalue weighted by atomic mass is 19.1. The van der Waals surface area contributed by atoms with Gasteiger partial charge in [-0.05, 0) is 74.0 Å². The van der Waals surface area contributed by atoms with Crippen molar-refractivity contribution in [1.29, 1.82) is 0 Å². The molecule has 1 unspecified atom stereocenters. The van der Waals surface area contributed by atoms with E-state index in [4.69, 9.17) is 4.74 Å². The predicted octanol–water partition coefficient (Wildman–Crippen LogP) is 5.38. The Kier molecular flexibility index (Phi) is 5.96. The molecule has 7 heteroatoms. The molecule has 1 aliphatic rings. The third kappa shape index (κ3) is 4.35. The number of rotatable bonds is 5. The summed E-state index contributed by atoms with van der Waals surface area (Å²) in [6, 6.07) is 15.8. The summed E-state index contributed by atoms with van der Waals surface area (Å²) in [6.45, 7) is 3.76. The van der Waals surface area contributed by atoms with Crippen molar-refractivity contribution >= 4 is 23.1 Å². The molecular formula is C26H21F2NO4. The molecule has 1 aliphatic heterocycles. The third-order valence-corrected chi connectivity index (χ3v) is 5.22. The molecule has 3 aromatic carbocycles. The lowest BCUT2D eigenvalue weighted by Crippen LogP contribution is -2.29. The van der Waals surface area contributed by atoms with E-state index >= 15 is 0 Å². The molecule has 1 fully saturated rings. The van der Waals surface area contributed by atoms with Crippen LogP contribution in [0.5, 0.6) is 5.75 Å². The van der Waals surface area contributed by atoms with Crippen molar-refractivity contribution in [2.75, 3.05) is 4.90 Å². The number of nitrogens with zero attached hydrogens (tertiary/aromatic N) is 1. The number of aliphatic hydroxyl groups excluding tert-OH is 1. The maximum atomic E-state index is 13.9. The van der Waals surface area contributed by atoms with E-state index in [1.165, 1.54) is 42.5 Å². The first kappa shape index (κ1) is 22.2. The maximum absolute atomic E-state index is 13.9. The highest BCUT2D eigenvalue weighted by molar-refractivity contribution is 6.51. The zero-order valence-corrected chi connectivity index (χ0v) is 18.0. The molecule has 0 saturated carbocycles. The van der Waals surface area contributed by atoms with Crippen molar-refractivity contribution in [3.8, 4) is 5.75 Å². The molecule has 0 spiro atoms. The van der Waals surface area contributed by atoms with E-state index < -0.39 is 35.1 Å². The van der Waals surface area contributed by atoms with E-state index in [1.54, 1.807) is 24.3 Å². The molecule has 5 nitrogen and oxygen atoms in total. The lowest BCUT2D eigenvalue weighted by Gasteiger charge is -2.25. The summed E-state index contributed by atoms with van der Waals surface area (Å²) in [5.74, 6) is -2.74. The fraction of sp³-hybridized carbons (Fsp3) is 0.154. The number of hydrogen-bond acceptors (Lipinski definition) is 4. The van der Waals surface area contributed by atoms with Crippen LogP contribution in [0.1, 0.15) is 31.0 Å². The van der Waals surface area contributed by atoms with Crippen LogP contribution in [-0.4, -0.2) is 22.9 Å². The average Bonchev–Trinajstić information content (AvgIpc) is 3.04. The minimum atomic E-state index is -1.07. The lowest BCUT2D eigenvalue weighted by atomic mass is 9.95. The highest BCUT2D eigenvalue weighted by Gasteiger charge is 2.47. The van der Waals surface area contributed by atoms with E-state index in [1.807, 2.05) is 13.8 Å². The zero-order chi connectivity index (χ0) is 23.7. The number of anilines is 1. The molecule has 1 N–H and O–H groups in total. The number of aliphatic hydroxyl groups is 1. The third-order valence-electron chi connectivity index (χ3n) is 5.22. The smallest absolute Gasteiger partial charge is 0.300 e. The molecule has 0 aromatic heterocycles. The number of halogens is 2. The van der Waals surface area contributed by atoms with E-state index in [-0.39, 0.29) is 17.4 Å². The van der Waals surface area contributed by atoms with Gasteiger partial charge in [0.15, 0.2) is 0 Å². The van der Waals surface area contributed by atoms with Gasteiger partial charge >= 0.3 is 0 Å². The Bertz CT molecular complexity index is 1230. The Morgan fingerprint density at radius 3 is 2.21 bits per heavy atom. The second-order valence-corrected chi connectivity index (χ2v) is 7.89. The van der Waals surface area contributed by atoms with Crippen molar-refractivity contribution < 1.29 is 28.2 Å². The van der Waals surface area contributed by atoms with Crippen molar-refractivity contribution in [2.45, 2.75) is 26.0 Å². The van der Waals surface area contributed by atoms with Gasteiger partial charge in [-0.3, -0.25) is 14.5 Å². The molecule has 1 heterocycles. The van der Waals surface area contributed by atoms with E-state index in [0.29, 0.717) is 16.9 Å². The van der Waals surface area contributed by atoms with Crippen molar-refractivity contribution in [2.24, 2.45) is 0 Å². The van der Waals surface area contributed by atoms with E-state index in [9.17, 15) is 23.5 Å². The molecule has 0 bridgehead atoms. The minimum Gasteiger partial charge on any atom is -0.507 e. The fourth-order valence-electron chi connectivity index (χ4n) is 3.80. The Labute approximate surface area is 189 Å². The van der Waals surface area contributed by atoms with Crippen molar-refractivity contribution in [1.82, 2.24) is 0 Å². The molecule has 3 aromatic rings. The average molecular weight is 449 g/mol. The van der Waals surface area contributed by atoms with Crippen molar-refractivity contribution in [3.05, 3.63) is 101 Å². The standard InChI is InChI=1S/C26H21F2NO4/c1-15(2)33-21-12-8-17(9-13-21)24(30)22-23(16-6-10-18(27)11-7-16)29(26(32)25(22)31)20-5-3-4-19(28)14-20/h3-15,23,30H,1-2H3/b24-22+. The van der Waals surface area contributed by atoms with Crippen molar-refractivity contribution in [3.63, 3.8) is 0 Å².